The maximum Gasteiger partial charge on any atom is 0.137 e. The van der Waals surface area contributed by atoms with Crippen LogP contribution in [0.3, 0.4) is 0 Å². The van der Waals surface area contributed by atoms with Crippen molar-refractivity contribution in [3.05, 3.63) is 28.8 Å². The van der Waals surface area contributed by atoms with Crippen molar-refractivity contribution in [3.63, 3.8) is 0 Å². The van der Waals surface area contributed by atoms with Crippen LogP contribution in [0.1, 0.15) is 45.3 Å². The highest BCUT2D eigenvalue weighted by Gasteiger charge is 2.28. The third kappa shape index (κ3) is 4.60. The zero-order valence-electron chi connectivity index (χ0n) is 13.4. The first-order valence-corrected chi connectivity index (χ1v) is 7.98. The number of halogens is 1. The zero-order chi connectivity index (χ0) is 15.5. The highest BCUT2D eigenvalue weighted by Crippen LogP contribution is 2.36. The van der Waals surface area contributed by atoms with Crippen LogP contribution in [0.15, 0.2) is 18.2 Å². The minimum Gasteiger partial charge on any atom is -0.495 e. The van der Waals surface area contributed by atoms with Crippen LogP contribution >= 0.6 is 11.6 Å². The van der Waals surface area contributed by atoms with E-state index in [-0.39, 0.29) is 11.6 Å². The second-order valence-electron chi connectivity index (χ2n) is 6.72. The molecule has 4 heteroatoms. The van der Waals surface area contributed by atoms with Gasteiger partial charge in [0.2, 0.25) is 0 Å². The molecular formula is C17H26ClNO2. The first-order valence-electron chi connectivity index (χ1n) is 7.61. The number of nitrogens with one attached hydrogen (secondary N) is 1. The topological polar surface area (TPSA) is 30.5 Å². The molecule has 1 aliphatic rings. The Bertz CT molecular complexity index is 470. The fraction of sp³-hybridized carbons (Fsp3) is 0.647. The van der Waals surface area contributed by atoms with Gasteiger partial charge >= 0.3 is 0 Å². The standard InChI is InChI=1S/C17H26ClNO2/c1-17(2,3)19-11-13-6-5-9-21-16(13)12-7-8-15(20-4)14(18)10-12/h7-8,10,13,16,19H,5-6,9,11H2,1-4H3. The quantitative estimate of drug-likeness (QED) is 0.903. The second kappa shape index (κ2) is 6.99. The lowest BCUT2D eigenvalue weighted by Gasteiger charge is -2.34. The molecule has 1 fully saturated rings. The molecule has 1 heterocycles. The molecular weight excluding hydrogens is 286 g/mol. The molecule has 1 aromatic rings. The maximum atomic E-state index is 6.25. The number of rotatable bonds is 4. The highest BCUT2D eigenvalue weighted by molar-refractivity contribution is 6.32. The van der Waals surface area contributed by atoms with Crippen molar-refractivity contribution in [3.8, 4) is 5.75 Å². The van der Waals surface area contributed by atoms with Gasteiger partial charge in [0.15, 0.2) is 0 Å². The average molecular weight is 312 g/mol. The Morgan fingerprint density at radius 2 is 2.14 bits per heavy atom. The van der Waals surface area contributed by atoms with E-state index in [0.29, 0.717) is 16.7 Å². The Morgan fingerprint density at radius 1 is 1.38 bits per heavy atom. The summed E-state index contributed by atoms with van der Waals surface area (Å²) in [6.07, 6.45) is 2.41. The van der Waals surface area contributed by atoms with E-state index in [1.807, 2.05) is 12.1 Å². The fourth-order valence-electron chi connectivity index (χ4n) is 2.72. The first kappa shape index (κ1) is 16.6. The number of benzene rings is 1. The van der Waals surface area contributed by atoms with Gasteiger partial charge in [0.25, 0.3) is 0 Å². The number of ether oxygens (including phenoxy) is 2. The summed E-state index contributed by atoms with van der Waals surface area (Å²) in [4.78, 5) is 0. The smallest absolute Gasteiger partial charge is 0.137 e. The summed E-state index contributed by atoms with van der Waals surface area (Å²) >= 11 is 6.25. The van der Waals surface area contributed by atoms with Crippen LogP contribution in [-0.2, 0) is 4.74 Å². The Kier molecular flexibility index (Phi) is 5.53. The van der Waals surface area contributed by atoms with Gasteiger partial charge in [-0.15, -0.1) is 0 Å². The van der Waals surface area contributed by atoms with Gasteiger partial charge in [-0.3, -0.25) is 0 Å². The normalized spacial score (nSPS) is 23.1. The molecule has 118 valence electrons. The van der Waals surface area contributed by atoms with E-state index in [9.17, 15) is 0 Å². The summed E-state index contributed by atoms with van der Waals surface area (Å²) in [7, 11) is 1.63. The maximum absolute atomic E-state index is 6.25. The van der Waals surface area contributed by atoms with Crippen LogP contribution in [0.5, 0.6) is 5.75 Å². The summed E-state index contributed by atoms with van der Waals surface area (Å²) < 4.78 is 11.3. The van der Waals surface area contributed by atoms with Crippen molar-refractivity contribution < 1.29 is 9.47 Å². The molecule has 0 aromatic heterocycles. The van der Waals surface area contributed by atoms with Crippen molar-refractivity contribution in [1.82, 2.24) is 5.32 Å². The van der Waals surface area contributed by atoms with Crippen LogP contribution in [0.4, 0.5) is 0 Å². The molecule has 1 saturated heterocycles. The van der Waals surface area contributed by atoms with Gasteiger partial charge in [-0.05, 0) is 51.3 Å². The molecule has 0 saturated carbocycles. The molecule has 1 aliphatic heterocycles. The van der Waals surface area contributed by atoms with E-state index in [2.05, 4.69) is 32.2 Å². The summed E-state index contributed by atoms with van der Waals surface area (Å²) in [6, 6.07) is 5.95. The highest BCUT2D eigenvalue weighted by atomic mass is 35.5. The lowest BCUT2D eigenvalue weighted by atomic mass is 9.88. The Labute approximate surface area is 133 Å². The van der Waals surface area contributed by atoms with Crippen molar-refractivity contribution in [2.24, 2.45) is 5.92 Å². The molecule has 0 amide bonds. The minimum atomic E-state index is 0.108. The van der Waals surface area contributed by atoms with Gasteiger partial charge in [-0.1, -0.05) is 17.7 Å². The Hall–Kier alpha value is -0.770. The third-order valence-corrected chi connectivity index (χ3v) is 4.14. The molecule has 0 radical (unpaired) electrons. The van der Waals surface area contributed by atoms with Crippen molar-refractivity contribution in [1.29, 1.82) is 0 Å². The Balaban J connectivity index is 2.12. The van der Waals surface area contributed by atoms with Gasteiger partial charge in [0.1, 0.15) is 5.75 Å². The molecule has 1 aromatic carbocycles. The fourth-order valence-corrected chi connectivity index (χ4v) is 2.98. The van der Waals surface area contributed by atoms with Gasteiger partial charge in [0.05, 0.1) is 18.2 Å². The predicted molar refractivity (Wildman–Crippen MR) is 87.2 cm³/mol. The van der Waals surface area contributed by atoms with Crippen molar-refractivity contribution >= 4 is 11.6 Å². The molecule has 21 heavy (non-hydrogen) atoms. The van der Waals surface area contributed by atoms with Crippen LogP contribution in [-0.4, -0.2) is 25.8 Å². The lowest BCUT2D eigenvalue weighted by molar-refractivity contribution is -0.0292. The van der Waals surface area contributed by atoms with Gasteiger partial charge in [-0.2, -0.15) is 0 Å². The summed E-state index contributed by atoms with van der Waals surface area (Å²) in [6.45, 7) is 8.35. The first-order chi connectivity index (χ1) is 9.90. The molecule has 0 aliphatic carbocycles. The third-order valence-electron chi connectivity index (χ3n) is 3.84. The number of methoxy groups -OCH3 is 1. The monoisotopic (exact) mass is 311 g/mol. The summed E-state index contributed by atoms with van der Waals surface area (Å²) in [5, 5.41) is 4.24. The van der Waals surface area contributed by atoms with E-state index in [4.69, 9.17) is 21.1 Å². The van der Waals surface area contributed by atoms with E-state index in [0.717, 1.165) is 25.1 Å². The molecule has 1 N–H and O–H groups in total. The Morgan fingerprint density at radius 3 is 2.76 bits per heavy atom. The second-order valence-corrected chi connectivity index (χ2v) is 7.13. The van der Waals surface area contributed by atoms with E-state index in [1.54, 1.807) is 7.11 Å². The largest absolute Gasteiger partial charge is 0.495 e. The summed E-state index contributed by atoms with van der Waals surface area (Å²) in [5.74, 6) is 1.18. The minimum absolute atomic E-state index is 0.108. The molecule has 2 atom stereocenters. The predicted octanol–water partition coefficient (Wildman–Crippen LogP) is 4.20. The van der Waals surface area contributed by atoms with Crippen LogP contribution in [0, 0.1) is 5.92 Å². The van der Waals surface area contributed by atoms with Gasteiger partial charge in [0, 0.05) is 24.6 Å². The van der Waals surface area contributed by atoms with Gasteiger partial charge < -0.3 is 14.8 Å². The molecule has 0 bridgehead atoms. The van der Waals surface area contributed by atoms with Crippen LogP contribution < -0.4 is 10.1 Å². The molecule has 2 unspecified atom stereocenters. The number of hydrogen-bond donors (Lipinski definition) is 1. The molecule has 0 spiro atoms. The van der Waals surface area contributed by atoms with Crippen LogP contribution in [0.25, 0.3) is 0 Å². The molecule has 3 nitrogen and oxygen atoms in total. The zero-order valence-corrected chi connectivity index (χ0v) is 14.2. The SMILES string of the molecule is COc1ccc(C2OCCCC2CNC(C)(C)C)cc1Cl. The van der Waals surface area contributed by atoms with Gasteiger partial charge in [-0.25, -0.2) is 0 Å². The lowest BCUT2D eigenvalue weighted by Crippen LogP contribution is -2.41. The van der Waals surface area contributed by atoms with E-state index < -0.39 is 0 Å². The van der Waals surface area contributed by atoms with E-state index >= 15 is 0 Å². The van der Waals surface area contributed by atoms with Crippen LogP contribution in [0.2, 0.25) is 5.02 Å². The summed E-state index contributed by atoms with van der Waals surface area (Å²) in [5.41, 5.74) is 1.26. The van der Waals surface area contributed by atoms with Crippen molar-refractivity contribution in [2.75, 3.05) is 20.3 Å². The molecule has 2 rings (SSSR count). The number of hydrogen-bond acceptors (Lipinski definition) is 3. The average Bonchev–Trinajstić information content (AvgIpc) is 2.44. The van der Waals surface area contributed by atoms with Crippen molar-refractivity contribution in [2.45, 2.75) is 45.3 Å². The van der Waals surface area contributed by atoms with E-state index in [1.165, 1.54) is 6.42 Å².